The molecule has 13 nitrogen and oxygen atoms in total. The van der Waals surface area contributed by atoms with Crippen LogP contribution >= 0.6 is 11.3 Å². The zero-order chi connectivity index (χ0) is 28.5. The Morgan fingerprint density at radius 1 is 1.10 bits per heavy atom. The van der Waals surface area contributed by atoms with Gasteiger partial charge in [0.2, 0.25) is 5.95 Å². The van der Waals surface area contributed by atoms with Gasteiger partial charge in [-0.05, 0) is 30.9 Å². The van der Waals surface area contributed by atoms with Crippen LogP contribution in [0.15, 0.2) is 36.7 Å². The van der Waals surface area contributed by atoms with Crippen molar-refractivity contribution in [3.63, 3.8) is 0 Å². The molecule has 0 spiro atoms. The number of piperidine rings is 1. The van der Waals surface area contributed by atoms with Crippen LogP contribution in [0, 0.1) is 5.92 Å². The van der Waals surface area contributed by atoms with Crippen molar-refractivity contribution >= 4 is 49.9 Å². The Morgan fingerprint density at radius 3 is 2.69 bits per heavy atom. The summed E-state index contributed by atoms with van der Waals surface area (Å²) in [4.78, 5) is 34.8. The first-order valence-corrected chi connectivity index (χ1v) is 15.0. The van der Waals surface area contributed by atoms with E-state index in [2.05, 4.69) is 54.1 Å². The number of ether oxygens (including phenoxy) is 1. The average Bonchev–Trinajstić information content (AvgIpc) is 3.71. The lowest BCUT2D eigenvalue weighted by Gasteiger charge is -2.32. The van der Waals surface area contributed by atoms with Crippen molar-refractivity contribution in [3.05, 3.63) is 47.8 Å². The molecule has 14 heteroatoms. The van der Waals surface area contributed by atoms with Crippen LogP contribution in [0.2, 0.25) is 0 Å². The van der Waals surface area contributed by atoms with Gasteiger partial charge in [0.15, 0.2) is 11.6 Å². The first-order valence-electron chi connectivity index (χ1n) is 14.2. The van der Waals surface area contributed by atoms with Crippen molar-refractivity contribution < 1.29 is 14.7 Å². The molecule has 1 aromatic carbocycles. The number of morpholine rings is 1. The molecule has 0 atom stereocenters. The molecule has 3 aromatic heterocycles. The molecule has 0 radical (unpaired) electrons. The summed E-state index contributed by atoms with van der Waals surface area (Å²) in [6.45, 7) is 6.28. The zero-order valence-electron chi connectivity index (χ0n) is 23.0. The van der Waals surface area contributed by atoms with Gasteiger partial charge in [-0.25, -0.2) is 30.8 Å². The number of amides is 1. The Balaban J connectivity index is 1.06. The van der Waals surface area contributed by atoms with Gasteiger partial charge in [-0.1, -0.05) is 12.1 Å². The minimum Gasteiger partial charge on any atom is -0.378 e. The topological polar surface area (TPSA) is 153 Å². The van der Waals surface area contributed by atoms with Crippen LogP contribution in [0.1, 0.15) is 28.8 Å². The first kappa shape index (κ1) is 26.8. The number of carbonyl (C=O) groups is 1. The quantitative estimate of drug-likeness (QED) is 0.159. The summed E-state index contributed by atoms with van der Waals surface area (Å²) in [7, 11) is 0. The Labute approximate surface area is 246 Å². The van der Waals surface area contributed by atoms with Crippen molar-refractivity contribution in [1.82, 2.24) is 30.8 Å². The minimum absolute atomic E-state index is 0.221. The number of nitrogens with zero attached hydrogens (tertiary/aromatic N) is 6. The first-order chi connectivity index (χ1) is 20.7. The lowest BCUT2D eigenvalue weighted by Crippen LogP contribution is -2.37. The van der Waals surface area contributed by atoms with Gasteiger partial charge in [0.25, 0.3) is 5.91 Å². The summed E-state index contributed by atoms with van der Waals surface area (Å²) in [5, 5.41) is 13.6. The Bertz CT molecular complexity index is 1580. The number of rotatable bonds is 7. The van der Waals surface area contributed by atoms with Gasteiger partial charge in [0.1, 0.15) is 0 Å². The fourth-order valence-electron chi connectivity index (χ4n) is 5.69. The third-order valence-corrected chi connectivity index (χ3v) is 9.11. The van der Waals surface area contributed by atoms with Crippen molar-refractivity contribution in [2.24, 2.45) is 5.92 Å². The zero-order valence-corrected chi connectivity index (χ0v) is 23.8. The summed E-state index contributed by atoms with van der Waals surface area (Å²) in [5.74, 6) is 2.21. The van der Waals surface area contributed by atoms with Crippen molar-refractivity contribution in [3.8, 4) is 11.4 Å². The molecule has 0 saturated carbocycles. The van der Waals surface area contributed by atoms with Gasteiger partial charge < -0.3 is 25.3 Å². The van der Waals surface area contributed by atoms with Crippen LogP contribution in [0.4, 0.5) is 22.5 Å². The highest BCUT2D eigenvalue weighted by Gasteiger charge is 2.24. The number of carbonyl (C=O) groups excluding carboxylic acids is 1. The predicted octanol–water partition coefficient (Wildman–Crippen LogP) is 2.86. The number of benzene rings is 1. The number of anilines is 4. The number of hydrazine groups is 1. The molecule has 218 valence electrons. The summed E-state index contributed by atoms with van der Waals surface area (Å²) >= 11 is 1.71. The number of hydrogen-bond acceptors (Lipinski definition) is 13. The van der Waals surface area contributed by atoms with E-state index in [4.69, 9.17) is 19.9 Å². The molecule has 4 aromatic rings. The lowest BCUT2D eigenvalue weighted by molar-refractivity contribution is 0.0705. The second kappa shape index (κ2) is 11.6. The van der Waals surface area contributed by atoms with Crippen LogP contribution in [0.5, 0.6) is 0 Å². The maximum atomic E-state index is 11.5. The summed E-state index contributed by atoms with van der Waals surface area (Å²) in [5.41, 5.74) is 12.5. The largest absolute Gasteiger partial charge is 0.378 e. The van der Waals surface area contributed by atoms with E-state index in [1.54, 1.807) is 16.8 Å². The third kappa shape index (κ3) is 5.29. The fourth-order valence-corrected chi connectivity index (χ4v) is 6.71. The number of hydroxylamine groups is 1. The molecular weight excluding hydrogens is 556 g/mol. The van der Waals surface area contributed by atoms with E-state index in [9.17, 15) is 4.79 Å². The standard InChI is InChI=1S/C28H32N10O3S/c39-27(36-40)18-14-30-28(31-15-18)38-6-4-17(5-7-38)13-29-23-12-22-24(42-23)26(37-8-10-41-11-9-37)34-25(33-22)19-2-1-3-21-20(19)16-32-35-21/h1-3,12,14-15,17,29,32,35,40H,4-11,13,16H2,(H,36,39). The molecule has 3 aliphatic heterocycles. The molecule has 0 bridgehead atoms. The fraction of sp³-hybridized carbons (Fsp3) is 0.393. The number of fused-ring (bicyclic) bond motifs is 2. The van der Waals surface area contributed by atoms with Gasteiger partial charge in [-0.15, -0.1) is 11.3 Å². The highest BCUT2D eigenvalue weighted by Crippen LogP contribution is 2.39. The molecule has 5 N–H and O–H groups in total. The molecule has 2 fully saturated rings. The molecule has 42 heavy (non-hydrogen) atoms. The molecule has 1 amide bonds. The molecule has 6 heterocycles. The molecular formula is C28H32N10O3S. The predicted molar refractivity (Wildman–Crippen MR) is 161 cm³/mol. The summed E-state index contributed by atoms with van der Waals surface area (Å²) < 4.78 is 6.72. The van der Waals surface area contributed by atoms with E-state index in [-0.39, 0.29) is 5.56 Å². The van der Waals surface area contributed by atoms with Gasteiger partial charge in [-0.2, -0.15) is 0 Å². The van der Waals surface area contributed by atoms with E-state index in [0.717, 1.165) is 90.2 Å². The maximum absolute atomic E-state index is 11.5. The van der Waals surface area contributed by atoms with Crippen molar-refractivity contribution in [2.75, 3.05) is 66.5 Å². The highest BCUT2D eigenvalue weighted by atomic mass is 32.1. The minimum atomic E-state index is -0.620. The van der Waals surface area contributed by atoms with Gasteiger partial charge in [0.05, 0.1) is 39.7 Å². The second-order valence-electron chi connectivity index (χ2n) is 10.6. The van der Waals surface area contributed by atoms with Crippen LogP contribution < -0.4 is 31.4 Å². The van der Waals surface area contributed by atoms with Gasteiger partial charge >= 0.3 is 0 Å². The Hall–Kier alpha value is -4.11. The van der Waals surface area contributed by atoms with Crippen LogP contribution in [0.25, 0.3) is 21.6 Å². The lowest BCUT2D eigenvalue weighted by atomic mass is 9.97. The van der Waals surface area contributed by atoms with Crippen LogP contribution in [-0.2, 0) is 11.3 Å². The number of thiophene rings is 1. The molecule has 0 unspecified atom stereocenters. The van der Waals surface area contributed by atoms with E-state index in [0.29, 0.717) is 25.1 Å². The third-order valence-electron chi connectivity index (χ3n) is 8.03. The maximum Gasteiger partial charge on any atom is 0.277 e. The molecule has 2 saturated heterocycles. The second-order valence-corrected chi connectivity index (χ2v) is 11.7. The van der Waals surface area contributed by atoms with Gasteiger partial charge in [-0.3, -0.25) is 10.0 Å². The smallest absolute Gasteiger partial charge is 0.277 e. The van der Waals surface area contributed by atoms with Crippen LogP contribution in [0.3, 0.4) is 0 Å². The van der Waals surface area contributed by atoms with E-state index < -0.39 is 5.91 Å². The molecule has 0 aliphatic carbocycles. The summed E-state index contributed by atoms with van der Waals surface area (Å²) in [6.07, 6.45) is 4.87. The highest BCUT2D eigenvalue weighted by molar-refractivity contribution is 7.23. The van der Waals surface area contributed by atoms with Gasteiger partial charge in [0, 0.05) is 62.8 Å². The molecule has 3 aliphatic rings. The average molecular weight is 589 g/mol. The summed E-state index contributed by atoms with van der Waals surface area (Å²) in [6, 6.07) is 8.36. The number of hydrogen-bond donors (Lipinski definition) is 5. The SMILES string of the molecule is O=C(NO)c1cnc(N2CCC(CNc3cc4nc(-c5cccc6c5CNN6)nc(N5CCOCC5)c4s3)CC2)nc1. The van der Waals surface area contributed by atoms with E-state index >= 15 is 0 Å². The molecule has 7 rings (SSSR count). The number of nitrogens with one attached hydrogen (secondary N) is 4. The normalized spacial score (nSPS) is 17.3. The van der Waals surface area contributed by atoms with Crippen molar-refractivity contribution in [2.45, 2.75) is 19.4 Å². The van der Waals surface area contributed by atoms with Crippen molar-refractivity contribution in [1.29, 1.82) is 0 Å². The van der Waals surface area contributed by atoms with Crippen LogP contribution in [-0.4, -0.2) is 77.0 Å². The van der Waals surface area contributed by atoms with E-state index in [1.807, 2.05) is 6.07 Å². The van der Waals surface area contributed by atoms with E-state index in [1.165, 1.54) is 18.0 Å². The number of aromatic nitrogens is 4. The Kier molecular flexibility index (Phi) is 7.42. The monoisotopic (exact) mass is 588 g/mol. The Morgan fingerprint density at radius 2 is 1.90 bits per heavy atom.